The lowest BCUT2D eigenvalue weighted by Gasteiger charge is -2.04. The van der Waals surface area contributed by atoms with E-state index in [-0.39, 0.29) is 6.61 Å². The fourth-order valence-electron chi connectivity index (χ4n) is 1.90. The Balaban J connectivity index is 1.89. The molecule has 2 aromatic carbocycles. The van der Waals surface area contributed by atoms with Crippen LogP contribution in [0.3, 0.4) is 0 Å². The van der Waals surface area contributed by atoms with Crippen molar-refractivity contribution in [2.45, 2.75) is 0 Å². The number of urea groups is 1. The van der Waals surface area contributed by atoms with Crippen LogP contribution in [0.2, 0.25) is 0 Å². The molecule has 27 heavy (non-hydrogen) atoms. The Labute approximate surface area is 155 Å². The van der Waals surface area contributed by atoms with Gasteiger partial charge in [0.15, 0.2) is 12.4 Å². The highest BCUT2D eigenvalue weighted by atomic mass is 16.5. The lowest BCUT2D eigenvalue weighted by molar-refractivity contribution is 0.242. The van der Waals surface area contributed by atoms with Gasteiger partial charge in [0, 0.05) is 11.1 Å². The van der Waals surface area contributed by atoms with Crippen molar-refractivity contribution in [2.75, 3.05) is 6.61 Å². The molecular weight excluding hydrogens is 348 g/mol. The lowest BCUT2D eigenvalue weighted by atomic mass is 10.2. The third-order valence-electron chi connectivity index (χ3n) is 3.03. The summed E-state index contributed by atoms with van der Waals surface area (Å²) in [6.07, 6.45) is 4.29. The molecular formula is C18H14N6O3. The first-order chi connectivity index (χ1) is 13.2. The predicted molar refractivity (Wildman–Crippen MR) is 97.1 cm³/mol. The van der Waals surface area contributed by atoms with Crippen LogP contribution in [0.1, 0.15) is 11.1 Å². The Bertz CT molecular complexity index is 927. The number of carbonyl (C=O) groups excluding carboxylic acids is 1. The molecule has 2 amide bonds. The molecule has 9 nitrogen and oxygen atoms in total. The molecule has 0 aliphatic carbocycles. The SMILES string of the molecule is N#CCOc1ccccc1/C=N\NC(=O)N/N=C/c1ccccc1OC#N. The summed E-state index contributed by atoms with van der Waals surface area (Å²) in [6.45, 7) is -0.0928. The summed E-state index contributed by atoms with van der Waals surface area (Å²) in [5.74, 6) is 0.787. The van der Waals surface area contributed by atoms with Crippen LogP contribution in [0.4, 0.5) is 4.79 Å². The molecule has 0 heterocycles. The van der Waals surface area contributed by atoms with E-state index in [0.717, 1.165) is 0 Å². The minimum Gasteiger partial charge on any atom is -0.478 e. The highest BCUT2D eigenvalue weighted by Gasteiger charge is 2.02. The second kappa shape index (κ2) is 10.5. The molecule has 0 unspecified atom stereocenters. The number of nitrogens with one attached hydrogen (secondary N) is 2. The van der Waals surface area contributed by atoms with Crippen molar-refractivity contribution in [2.24, 2.45) is 10.2 Å². The van der Waals surface area contributed by atoms with Gasteiger partial charge in [0.05, 0.1) is 12.4 Å². The van der Waals surface area contributed by atoms with Crippen molar-refractivity contribution >= 4 is 18.5 Å². The maximum atomic E-state index is 11.7. The van der Waals surface area contributed by atoms with E-state index in [4.69, 9.17) is 20.0 Å². The number of amides is 2. The van der Waals surface area contributed by atoms with E-state index < -0.39 is 6.03 Å². The molecule has 9 heteroatoms. The number of hydrogen-bond donors (Lipinski definition) is 2. The number of benzene rings is 2. The van der Waals surface area contributed by atoms with Crippen LogP contribution in [0, 0.1) is 22.8 Å². The van der Waals surface area contributed by atoms with Crippen molar-refractivity contribution in [1.82, 2.24) is 10.9 Å². The molecule has 0 bridgehead atoms. The summed E-state index contributed by atoms with van der Waals surface area (Å²) >= 11 is 0. The molecule has 0 radical (unpaired) electrons. The third kappa shape index (κ3) is 6.21. The van der Waals surface area contributed by atoms with Crippen LogP contribution >= 0.6 is 0 Å². The summed E-state index contributed by atoms with van der Waals surface area (Å²) in [6, 6.07) is 14.9. The second-order valence-corrected chi connectivity index (χ2v) is 4.78. The van der Waals surface area contributed by atoms with Crippen LogP contribution in [0.5, 0.6) is 11.5 Å². The zero-order valence-corrected chi connectivity index (χ0v) is 14.0. The number of ether oxygens (including phenoxy) is 2. The van der Waals surface area contributed by atoms with Gasteiger partial charge in [0.1, 0.15) is 11.8 Å². The van der Waals surface area contributed by atoms with Crippen molar-refractivity contribution in [1.29, 1.82) is 10.5 Å². The molecule has 0 aromatic heterocycles. The summed E-state index contributed by atoms with van der Waals surface area (Å²) in [5, 5.41) is 24.7. The monoisotopic (exact) mass is 362 g/mol. The van der Waals surface area contributed by atoms with Gasteiger partial charge >= 0.3 is 6.03 Å². The first-order valence-corrected chi connectivity index (χ1v) is 7.60. The van der Waals surface area contributed by atoms with Gasteiger partial charge in [-0.3, -0.25) is 0 Å². The number of carbonyl (C=O) groups is 1. The van der Waals surface area contributed by atoms with Crippen molar-refractivity contribution < 1.29 is 14.3 Å². The average molecular weight is 362 g/mol. The van der Waals surface area contributed by atoms with E-state index in [1.807, 2.05) is 6.07 Å². The molecule has 2 N–H and O–H groups in total. The number of nitriles is 2. The Morgan fingerprint density at radius 1 is 0.963 bits per heavy atom. The number of nitrogens with zero attached hydrogens (tertiary/aromatic N) is 4. The summed E-state index contributed by atoms with van der Waals surface area (Å²) in [5.41, 5.74) is 5.59. The normalized spacial score (nSPS) is 10.1. The van der Waals surface area contributed by atoms with Gasteiger partial charge in [-0.25, -0.2) is 15.6 Å². The van der Waals surface area contributed by atoms with E-state index >= 15 is 0 Å². The Morgan fingerprint density at radius 3 is 2.11 bits per heavy atom. The lowest BCUT2D eigenvalue weighted by Crippen LogP contribution is -2.28. The van der Waals surface area contributed by atoms with Crippen molar-refractivity contribution in [3.63, 3.8) is 0 Å². The first-order valence-electron chi connectivity index (χ1n) is 7.60. The van der Waals surface area contributed by atoms with Gasteiger partial charge in [0.2, 0.25) is 0 Å². The van der Waals surface area contributed by atoms with E-state index in [0.29, 0.717) is 22.6 Å². The average Bonchev–Trinajstić information content (AvgIpc) is 2.69. The molecule has 0 atom stereocenters. The molecule has 0 saturated carbocycles. The largest absolute Gasteiger partial charge is 0.478 e. The van der Waals surface area contributed by atoms with Crippen LogP contribution < -0.4 is 20.3 Å². The quantitative estimate of drug-likeness (QED) is 0.442. The van der Waals surface area contributed by atoms with Gasteiger partial charge in [-0.15, -0.1) is 5.26 Å². The smallest absolute Gasteiger partial charge is 0.355 e. The zero-order chi connectivity index (χ0) is 19.3. The fourth-order valence-corrected chi connectivity index (χ4v) is 1.90. The molecule has 0 saturated heterocycles. The van der Waals surface area contributed by atoms with Crippen LogP contribution in [0.25, 0.3) is 0 Å². The molecule has 134 valence electrons. The van der Waals surface area contributed by atoms with E-state index in [9.17, 15) is 4.79 Å². The topological polar surface area (TPSA) is 132 Å². The summed E-state index contributed by atoms with van der Waals surface area (Å²) < 4.78 is 10.0. The van der Waals surface area contributed by atoms with Crippen LogP contribution in [-0.4, -0.2) is 25.1 Å². The molecule has 0 aliphatic rings. The highest BCUT2D eigenvalue weighted by Crippen LogP contribution is 2.16. The molecule has 0 aliphatic heterocycles. The van der Waals surface area contributed by atoms with Crippen molar-refractivity contribution in [3.8, 4) is 23.8 Å². The highest BCUT2D eigenvalue weighted by molar-refractivity contribution is 5.86. The van der Waals surface area contributed by atoms with Crippen molar-refractivity contribution in [3.05, 3.63) is 59.7 Å². The molecule has 0 fully saturated rings. The summed E-state index contributed by atoms with van der Waals surface area (Å²) in [4.78, 5) is 11.7. The van der Waals surface area contributed by atoms with Crippen LogP contribution in [-0.2, 0) is 0 Å². The first kappa shape index (κ1) is 19.0. The standard InChI is InChI=1S/C18H14N6O3/c19-9-10-26-16-7-3-1-5-14(16)11-21-23-18(25)24-22-12-15-6-2-4-8-17(15)27-13-20/h1-8,11-12H,10H2,(H2,23,24,25)/b21-11-,22-12+. The van der Waals surface area contributed by atoms with E-state index in [1.54, 1.807) is 54.8 Å². The second-order valence-electron chi connectivity index (χ2n) is 4.78. The van der Waals surface area contributed by atoms with Crippen LogP contribution in [0.15, 0.2) is 58.7 Å². The molecule has 2 aromatic rings. The number of hydrogen-bond acceptors (Lipinski definition) is 7. The maximum Gasteiger partial charge on any atom is 0.355 e. The Hall–Kier alpha value is -4.37. The molecule has 2 rings (SSSR count). The summed E-state index contributed by atoms with van der Waals surface area (Å²) in [7, 11) is 0. The predicted octanol–water partition coefficient (Wildman–Crippen LogP) is 2.12. The Morgan fingerprint density at radius 2 is 1.52 bits per heavy atom. The van der Waals surface area contributed by atoms with E-state index in [2.05, 4.69) is 21.1 Å². The third-order valence-corrected chi connectivity index (χ3v) is 3.03. The maximum absolute atomic E-state index is 11.7. The van der Waals surface area contributed by atoms with E-state index in [1.165, 1.54) is 12.4 Å². The van der Waals surface area contributed by atoms with Gasteiger partial charge in [-0.1, -0.05) is 24.3 Å². The number of rotatable bonds is 7. The zero-order valence-electron chi connectivity index (χ0n) is 14.0. The number of hydrazone groups is 2. The minimum atomic E-state index is -0.670. The fraction of sp³-hybridized carbons (Fsp3) is 0.0556. The molecule has 0 spiro atoms. The van der Waals surface area contributed by atoms with Gasteiger partial charge in [0.25, 0.3) is 6.26 Å². The number of para-hydroxylation sites is 2. The Kier molecular flexibility index (Phi) is 7.36. The van der Waals surface area contributed by atoms with Gasteiger partial charge in [-0.2, -0.15) is 15.5 Å². The minimum absolute atomic E-state index is 0.0928. The van der Waals surface area contributed by atoms with Gasteiger partial charge in [-0.05, 0) is 24.3 Å². The van der Waals surface area contributed by atoms with Gasteiger partial charge < -0.3 is 9.47 Å².